The molecule has 7 heteroatoms. The summed E-state index contributed by atoms with van der Waals surface area (Å²) < 4.78 is 4.72. The van der Waals surface area contributed by atoms with Crippen molar-refractivity contribution in [2.75, 3.05) is 11.9 Å². The van der Waals surface area contributed by atoms with E-state index in [-0.39, 0.29) is 17.6 Å². The number of nitrogens with one attached hydrogen (secondary N) is 1. The van der Waals surface area contributed by atoms with E-state index in [9.17, 15) is 9.90 Å². The summed E-state index contributed by atoms with van der Waals surface area (Å²) in [6, 6.07) is 10.8. The van der Waals surface area contributed by atoms with Gasteiger partial charge in [0, 0.05) is 11.8 Å². The minimum atomic E-state index is -1.57. The highest BCUT2D eigenvalue weighted by Gasteiger charge is 2.22. The summed E-state index contributed by atoms with van der Waals surface area (Å²) in [5.41, 5.74) is 0.795. The van der Waals surface area contributed by atoms with Gasteiger partial charge in [-0.1, -0.05) is 29.8 Å². The van der Waals surface area contributed by atoms with Gasteiger partial charge in [0.15, 0.2) is 5.82 Å². The molecule has 0 saturated carbocycles. The second-order valence-electron chi connectivity index (χ2n) is 4.08. The molecule has 1 atom stereocenters. The van der Waals surface area contributed by atoms with Crippen LogP contribution in [0.25, 0.3) is 0 Å². The molecule has 0 saturated heterocycles. The van der Waals surface area contributed by atoms with Crippen LogP contribution >= 0.6 is 11.6 Å². The van der Waals surface area contributed by atoms with Crippen molar-refractivity contribution in [1.29, 1.82) is 0 Å². The maximum absolute atomic E-state index is 11.5. The fourth-order valence-corrected chi connectivity index (χ4v) is 1.81. The quantitative estimate of drug-likeness (QED) is 0.652. The molecule has 2 N–H and O–H groups in total. The van der Waals surface area contributed by atoms with E-state index < -0.39 is 12.1 Å². The van der Waals surface area contributed by atoms with Gasteiger partial charge in [0.2, 0.25) is 6.10 Å². The van der Waals surface area contributed by atoms with Crippen molar-refractivity contribution < 1.29 is 14.6 Å². The Labute approximate surface area is 126 Å². The molecule has 0 fully saturated rings. The number of carbonyl (C=O) groups excluding carboxylic acids is 1. The summed E-state index contributed by atoms with van der Waals surface area (Å²) >= 11 is 5.89. The van der Waals surface area contributed by atoms with Crippen LogP contribution in [0, 0.1) is 0 Å². The molecule has 0 aliphatic carbocycles. The summed E-state index contributed by atoms with van der Waals surface area (Å²) in [4.78, 5) is 19.4. The zero-order valence-electron chi connectivity index (χ0n) is 11.3. The second kappa shape index (κ2) is 7.01. The summed E-state index contributed by atoms with van der Waals surface area (Å²) in [6.45, 7) is 1.80. The van der Waals surface area contributed by atoms with Gasteiger partial charge in [0.1, 0.15) is 11.0 Å². The van der Waals surface area contributed by atoms with Gasteiger partial charge in [-0.2, -0.15) is 0 Å². The van der Waals surface area contributed by atoms with E-state index >= 15 is 0 Å². The summed E-state index contributed by atoms with van der Waals surface area (Å²) in [7, 11) is 0. The van der Waals surface area contributed by atoms with Crippen LogP contribution in [-0.2, 0) is 9.53 Å². The Balaban J connectivity index is 2.23. The van der Waals surface area contributed by atoms with Crippen LogP contribution in [0.2, 0.25) is 5.15 Å². The number of aliphatic hydroxyl groups is 1. The van der Waals surface area contributed by atoms with Crippen LogP contribution in [0.5, 0.6) is 0 Å². The van der Waals surface area contributed by atoms with Gasteiger partial charge in [0.05, 0.1) is 6.61 Å². The van der Waals surface area contributed by atoms with E-state index in [0.29, 0.717) is 5.82 Å². The number of anilines is 2. The number of aliphatic hydroxyl groups excluding tert-OH is 1. The number of rotatable bonds is 5. The highest BCUT2D eigenvalue weighted by Crippen LogP contribution is 2.20. The number of carbonyl (C=O) groups is 1. The highest BCUT2D eigenvalue weighted by atomic mass is 35.5. The molecule has 21 heavy (non-hydrogen) atoms. The van der Waals surface area contributed by atoms with Gasteiger partial charge >= 0.3 is 5.97 Å². The van der Waals surface area contributed by atoms with Crippen LogP contribution < -0.4 is 5.32 Å². The van der Waals surface area contributed by atoms with Crippen molar-refractivity contribution in [3.8, 4) is 0 Å². The van der Waals surface area contributed by atoms with Crippen molar-refractivity contribution in [3.05, 3.63) is 47.4 Å². The van der Waals surface area contributed by atoms with Gasteiger partial charge in [-0.25, -0.2) is 14.8 Å². The van der Waals surface area contributed by atoms with Crippen molar-refractivity contribution >= 4 is 29.1 Å². The standard InChI is InChI=1S/C14H14ClN3O3/c1-2-21-14(20)12(19)13-17-10(15)8-11(18-13)16-9-6-4-3-5-7-9/h3-8,12,19H,2H2,1H3,(H,16,17,18). The third-order valence-corrected chi connectivity index (χ3v) is 2.71. The number of esters is 1. The smallest absolute Gasteiger partial charge is 0.343 e. The largest absolute Gasteiger partial charge is 0.464 e. The Bertz CT molecular complexity index is 622. The van der Waals surface area contributed by atoms with E-state index in [0.717, 1.165) is 5.69 Å². The average Bonchev–Trinajstić information content (AvgIpc) is 2.47. The average molecular weight is 308 g/mol. The minimum Gasteiger partial charge on any atom is -0.464 e. The van der Waals surface area contributed by atoms with E-state index in [4.69, 9.17) is 16.3 Å². The maximum Gasteiger partial charge on any atom is 0.343 e. The molecule has 1 unspecified atom stereocenters. The lowest BCUT2D eigenvalue weighted by molar-refractivity contribution is -0.153. The van der Waals surface area contributed by atoms with Crippen LogP contribution in [0.1, 0.15) is 18.9 Å². The topological polar surface area (TPSA) is 84.3 Å². The lowest BCUT2D eigenvalue weighted by Crippen LogP contribution is -2.18. The fourth-order valence-electron chi connectivity index (χ4n) is 1.62. The Morgan fingerprint density at radius 2 is 2.10 bits per heavy atom. The normalized spacial score (nSPS) is 11.8. The molecular formula is C14H14ClN3O3. The first-order valence-electron chi connectivity index (χ1n) is 6.31. The molecule has 0 spiro atoms. The highest BCUT2D eigenvalue weighted by molar-refractivity contribution is 6.29. The van der Waals surface area contributed by atoms with Gasteiger partial charge in [0.25, 0.3) is 0 Å². The summed E-state index contributed by atoms with van der Waals surface area (Å²) in [5, 5.41) is 13.0. The van der Waals surface area contributed by atoms with Gasteiger partial charge in [-0.05, 0) is 19.1 Å². The molecule has 2 rings (SSSR count). The van der Waals surface area contributed by atoms with Gasteiger partial charge in [-0.3, -0.25) is 0 Å². The Kier molecular flexibility index (Phi) is 5.08. The van der Waals surface area contributed by atoms with Crippen molar-refractivity contribution in [1.82, 2.24) is 9.97 Å². The van der Waals surface area contributed by atoms with Crippen molar-refractivity contribution in [2.45, 2.75) is 13.0 Å². The van der Waals surface area contributed by atoms with E-state index in [1.165, 1.54) is 6.07 Å². The second-order valence-corrected chi connectivity index (χ2v) is 4.47. The molecule has 1 aromatic carbocycles. The molecule has 0 aliphatic heterocycles. The third-order valence-electron chi connectivity index (χ3n) is 2.51. The van der Waals surface area contributed by atoms with Crippen molar-refractivity contribution in [2.24, 2.45) is 0 Å². The molecule has 110 valence electrons. The first kappa shape index (κ1) is 15.2. The molecule has 0 bridgehead atoms. The van der Waals surface area contributed by atoms with Gasteiger partial charge in [-0.15, -0.1) is 0 Å². The number of hydrogen-bond donors (Lipinski definition) is 2. The number of para-hydroxylation sites is 1. The number of aromatic nitrogens is 2. The minimum absolute atomic E-state index is 0.112. The van der Waals surface area contributed by atoms with Crippen LogP contribution in [0.4, 0.5) is 11.5 Å². The van der Waals surface area contributed by atoms with E-state index in [2.05, 4.69) is 15.3 Å². The number of nitrogens with zero attached hydrogens (tertiary/aromatic N) is 2. The SMILES string of the molecule is CCOC(=O)C(O)c1nc(Cl)cc(Nc2ccccc2)n1. The van der Waals surface area contributed by atoms with Crippen LogP contribution in [0.15, 0.2) is 36.4 Å². The number of ether oxygens (including phenoxy) is 1. The van der Waals surface area contributed by atoms with Crippen LogP contribution in [-0.4, -0.2) is 27.7 Å². The third kappa shape index (κ3) is 4.14. The Morgan fingerprint density at radius 1 is 1.38 bits per heavy atom. The Hall–Kier alpha value is -2.18. The molecule has 2 aromatic rings. The predicted octanol–water partition coefficient (Wildman–Crippen LogP) is 2.47. The zero-order chi connectivity index (χ0) is 15.2. The summed E-state index contributed by atoms with van der Waals surface area (Å²) in [5.74, 6) is -0.552. The van der Waals surface area contributed by atoms with E-state index in [1.54, 1.807) is 6.92 Å². The first-order chi connectivity index (χ1) is 10.1. The summed E-state index contributed by atoms with van der Waals surface area (Å²) in [6.07, 6.45) is -1.57. The molecular weight excluding hydrogens is 294 g/mol. The number of halogens is 1. The molecule has 1 heterocycles. The zero-order valence-corrected chi connectivity index (χ0v) is 12.0. The first-order valence-corrected chi connectivity index (χ1v) is 6.69. The van der Waals surface area contributed by atoms with E-state index in [1.807, 2.05) is 30.3 Å². The van der Waals surface area contributed by atoms with Crippen molar-refractivity contribution in [3.63, 3.8) is 0 Å². The molecule has 0 amide bonds. The monoisotopic (exact) mass is 307 g/mol. The number of benzene rings is 1. The maximum atomic E-state index is 11.5. The van der Waals surface area contributed by atoms with Gasteiger partial charge < -0.3 is 15.2 Å². The lowest BCUT2D eigenvalue weighted by atomic mass is 10.3. The molecule has 6 nitrogen and oxygen atoms in total. The fraction of sp³-hybridized carbons (Fsp3) is 0.214. The predicted molar refractivity (Wildman–Crippen MR) is 78.4 cm³/mol. The molecule has 0 aliphatic rings. The number of hydrogen-bond acceptors (Lipinski definition) is 6. The van der Waals surface area contributed by atoms with Crippen LogP contribution in [0.3, 0.4) is 0 Å². The molecule has 1 aromatic heterocycles. The Morgan fingerprint density at radius 3 is 2.76 bits per heavy atom. The molecule has 0 radical (unpaired) electrons. The lowest BCUT2D eigenvalue weighted by Gasteiger charge is -2.11.